The Hall–Kier alpha value is -3.06. The number of carbonyl (C=O) groups is 3. The highest BCUT2D eigenvalue weighted by Gasteiger charge is 2.48. The quantitative estimate of drug-likeness (QED) is 0.749. The van der Waals surface area contributed by atoms with Gasteiger partial charge in [0.25, 0.3) is 0 Å². The molecule has 0 aromatic heterocycles. The number of para-hydroxylation sites is 2. The normalized spacial score (nSPS) is 21.0. The van der Waals surface area contributed by atoms with Gasteiger partial charge in [-0.15, -0.1) is 0 Å². The highest BCUT2D eigenvalue weighted by molar-refractivity contribution is 6.31. The number of rotatable bonds is 5. The lowest BCUT2D eigenvalue weighted by atomic mass is 9.81. The average molecular weight is 442 g/mol. The number of fused-ring (bicyclic) bond motifs is 1. The van der Waals surface area contributed by atoms with E-state index in [1.54, 1.807) is 42.5 Å². The summed E-state index contributed by atoms with van der Waals surface area (Å²) in [6.07, 6.45) is 3.24. The minimum absolute atomic E-state index is 0.150. The minimum Gasteiger partial charge on any atom is -0.495 e. The van der Waals surface area contributed by atoms with Gasteiger partial charge in [0.15, 0.2) is 0 Å². The molecule has 1 saturated carbocycles. The summed E-state index contributed by atoms with van der Waals surface area (Å²) in [5.74, 6) is -0.363. The summed E-state index contributed by atoms with van der Waals surface area (Å²) in [6.45, 7) is -0.150. The zero-order valence-corrected chi connectivity index (χ0v) is 18.0. The van der Waals surface area contributed by atoms with Crippen LogP contribution in [-0.2, 0) is 9.59 Å². The summed E-state index contributed by atoms with van der Waals surface area (Å²) in [6, 6.07) is 13.0. The summed E-state index contributed by atoms with van der Waals surface area (Å²) in [5.41, 5.74) is 0.948. The fourth-order valence-corrected chi connectivity index (χ4v) is 4.62. The fourth-order valence-electron chi connectivity index (χ4n) is 4.43. The second kappa shape index (κ2) is 8.98. The molecular weight excluding hydrogens is 418 g/mol. The Kier molecular flexibility index (Phi) is 6.13. The molecule has 2 aromatic carbocycles. The Morgan fingerprint density at radius 2 is 1.90 bits per heavy atom. The molecule has 31 heavy (non-hydrogen) atoms. The van der Waals surface area contributed by atoms with Crippen molar-refractivity contribution in [2.45, 2.75) is 31.7 Å². The molecule has 1 saturated heterocycles. The topological polar surface area (TPSA) is 79.0 Å². The molecule has 4 amide bonds. The van der Waals surface area contributed by atoms with Crippen LogP contribution in [0.1, 0.15) is 25.7 Å². The number of hydrogen-bond acceptors (Lipinski definition) is 4. The van der Waals surface area contributed by atoms with E-state index in [2.05, 4.69) is 5.32 Å². The molecule has 1 aliphatic heterocycles. The first-order valence-corrected chi connectivity index (χ1v) is 10.7. The van der Waals surface area contributed by atoms with Gasteiger partial charge in [-0.2, -0.15) is 0 Å². The third-order valence-electron chi connectivity index (χ3n) is 5.87. The van der Waals surface area contributed by atoms with Gasteiger partial charge in [0.1, 0.15) is 12.3 Å². The van der Waals surface area contributed by atoms with Crippen LogP contribution < -0.4 is 15.0 Å². The van der Waals surface area contributed by atoms with Crippen molar-refractivity contribution in [1.29, 1.82) is 0 Å². The van der Waals surface area contributed by atoms with Gasteiger partial charge in [0, 0.05) is 11.1 Å². The summed E-state index contributed by atoms with van der Waals surface area (Å²) >= 11 is 6.10. The molecule has 8 heteroatoms. The number of imide groups is 1. The summed E-state index contributed by atoms with van der Waals surface area (Å²) in [4.78, 5) is 42.2. The molecule has 2 aromatic rings. The number of anilines is 2. The largest absolute Gasteiger partial charge is 0.495 e. The molecule has 2 fully saturated rings. The number of urea groups is 1. The van der Waals surface area contributed by atoms with Crippen LogP contribution in [0.3, 0.4) is 0 Å². The lowest BCUT2D eigenvalue weighted by molar-refractivity contribution is -0.128. The number of nitrogens with one attached hydrogen (secondary N) is 1. The zero-order chi connectivity index (χ0) is 22.0. The summed E-state index contributed by atoms with van der Waals surface area (Å²) in [5, 5.41) is 3.25. The second-order valence-corrected chi connectivity index (χ2v) is 8.21. The number of hydrogen-bond donors (Lipinski definition) is 1. The minimum atomic E-state index is -0.495. The average Bonchev–Trinajstić information content (AvgIpc) is 2.77. The highest BCUT2D eigenvalue weighted by atomic mass is 35.5. The van der Waals surface area contributed by atoms with Gasteiger partial charge < -0.3 is 15.0 Å². The SMILES string of the molecule is COc1ccccc1NC(=O)CN1C(=O)N(c2cccc(Cl)c2)C(=O)C2CCCCC21. The molecule has 0 bridgehead atoms. The van der Waals surface area contributed by atoms with Crippen LogP contribution in [-0.4, -0.2) is 42.4 Å². The van der Waals surface area contributed by atoms with E-state index in [1.165, 1.54) is 12.0 Å². The first-order chi connectivity index (χ1) is 15.0. The van der Waals surface area contributed by atoms with E-state index in [0.717, 1.165) is 17.7 Å². The molecule has 2 aliphatic rings. The van der Waals surface area contributed by atoms with Gasteiger partial charge in [0.2, 0.25) is 11.8 Å². The lowest BCUT2D eigenvalue weighted by Crippen LogP contribution is -2.64. The van der Waals surface area contributed by atoms with E-state index in [-0.39, 0.29) is 30.3 Å². The van der Waals surface area contributed by atoms with Crippen molar-refractivity contribution in [3.63, 3.8) is 0 Å². The smallest absolute Gasteiger partial charge is 0.332 e. The van der Waals surface area contributed by atoms with Crippen LogP contribution in [0.15, 0.2) is 48.5 Å². The van der Waals surface area contributed by atoms with Crippen molar-refractivity contribution >= 4 is 40.8 Å². The molecule has 4 rings (SSSR count). The number of ether oxygens (including phenoxy) is 1. The Morgan fingerprint density at radius 1 is 1.13 bits per heavy atom. The number of amides is 4. The number of halogens is 1. The second-order valence-electron chi connectivity index (χ2n) is 7.77. The monoisotopic (exact) mass is 441 g/mol. The van der Waals surface area contributed by atoms with Crippen LogP contribution in [0.25, 0.3) is 0 Å². The first kappa shape index (κ1) is 21.2. The van der Waals surface area contributed by atoms with Crippen molar-refractivity contribution in [1.82, 2.24) is 4.90 Å². The maximum absolute atomic E-state index is 13.4. The van der Waals surface area contributed by atoms with E-state index in [1.807, 2.05) is 6.07 Å². The van der Waals surface area contributed by atoms with Gasteiger partial charge in [-0.3, -0.25) is 9.59 Å². The fraction of sp³-hybridized carbons (Fsp3) is 0.348. The van der Waals surface area contributed by atoms with Crippen LogP contribution in [0, 0.1) is 5.92 Å². The van der Waals surface area contributed by atoms with Crippen molar-refractivity contribution in [3.8, 4) is 5.75 Å². The van der Waals surface area contributed by atoms with Crippen molar-refractivity contribution in [2.24, 2.45) is 5.92 Å². The predicted octanol–water partition coefficient (Wildman–Crippen LogP) is 4.31. The third kappa shape index (κ3) is 4.23. The molecule has 2 atom stereocenters. The maximum atomic E-state index is 13.4. The lowest BCUT2D eigenvalue weighted by Gasteiger charge is -2.46. The van der Waals surface area contributed by atoms with Crippen molar-refractivity contribution in [2.75, 3.05) is 23.9 Å². The van der Waals surface area contributed by atoms with Gasteiger partial charge in [0.05, 0.1) is 24.4 Å². The molecule has 1 heterocycles. The Morgan fingerprint density at radius 3 is 2.68 bits per heavy atom. The summed E-state index contributed by atoms with van der Waals surface area (Å²) in [7, 11) is 1.53. The van der Waals surface area contributed by atoms with E-state index in [9.17, 15) is 14.4 Å². The van der Waals surface area contributed by atoms with E-state index >= 15 is 0 Å². The number of carbonyl (C=O) groups excluding carboxylic acids is 3. The van der Waals surface area contributed by atoms with E-state index < -0.39 is 6.03 Å². The van der Waals surface area contributed by atoms with Crippen molar-refractivity contribution < 1.29 is 19.1 Å². The zero-order valence-electron chi connectivity index (χ0n) is 17.2. The molecule has 1 N–H and O–H groups in total. The molecule has 162 valence electrons. The van der Waals surface area contributed by atoms with Crippen LogP contribution in [0.4, 0.5) is 16.2 Å². The molecule has 1 aliphatic carbocycles. The molecule has 7 nitrogen and oxygen atoms in total. The van der Waals surface area contributed by atoms with E-state index in [0.29, 0.717) is 35.0 Å². The first-order valence-electron chi connectivity index (χ1n) is 10.3. The third-order valence-corrected chi connectivity index (χ3v) is 6.10. The van der Waals surface area contributed by atoms with Gasteiger partial charge in [-0.25, -0.2) is 9.69 Å². The van der Waals surface area contributed by atoms with E-state index in [4.69, 9.17) is 16.3 Å². The number of nitrogens with zero attached hydrogens (tertiary/aromatic N) is 2. The standard InChI is InChI=1S/C23H24ClN3O4/c1-31-20-12-5-3-10-18(20)25-21(28)14-26-19-11-4-2-9-17(19)22(29)27(23(26)30)16-8-6-7-15(24)13-16/h3,5-8,10,12-13,17,19H,2,4,9,11,14H2,1H3,(H,25,28). The summed E-state index contributed by atoms with van der Waals surface area (Å²) < 4.78 is 5.28. The van der Waals surface area contributed by atoms with Crippen LogP contribution >= 0.6 is 11.6 Å². The highest BCUT2D eigenvalue weighted by Crippen LogP contribution is 2.37. The van der Waals surface area contributed by atoms with Gasteiger partial charge in [-0.1, -0.05) is 42.6 Å². The Balaban J connectivity index is 1.60. The molecular formula is C23H24ClN3O4. The Bertz CT molecular complexity index is 1010. The molecule has 0 radical (unpaired) electrons. The maximum Gasteiger partial charge on any atom is 0.332 e. The molecule has 2 unspecified atom stereocenters. The van der Waals surface area contributed by atoms with Gasteiger partial charge >= 0.3 is 6.03 Å². The van der Waals surface area contributed by atoms with Gasteiger partial charge in [-0.05, 0) is 43.2 Å². The van der Waals surface area contributed by atoms with Crippen LogP contribution in [0.2, 0.25) is 5.02 Å². The van der Waals surface area contributed by atoms with Crippen LogP contribution in [0.5, 0.6) is 5.75 Å². The predicted molar refractivity (Wildman–Crippen MR) is 118 cm³/mol. The van der Waals surface area contributed by atoms with Crippen molar-refractivity contribution in [3.05, 3.63) is 53.6 Å². The Labute approximate surface area is 185 Å². The molecule has 0 spiro atoms. The number of benzene rings is 2. The number of methoxy groups -OCH3 is 1.